The van der Waals surface area contributed by atoms with Gasteiger partial charge in [0.05, 0.1) is 0 Å². The van der Waals surface area contributed by atoms with E-state index in [1.807, 2.05) is 0 Å². The summed E-state index contributed by atoms with van der Waals surface area (Å²) in [5, 5.41) is 4.75. The highest BCUT2D eigenvalue weighted by atomic mass is 32.2. The quantitative estimate of drug-likeness (QED) is 0.643. The second-order valence-corrected chi connectivity index (χ2v) is 7.06. The molecular formula is C16H33NS. The summed E-state index contributed by atoms with van der Waals surface area (Å²) >= 11 is 2.25. The second-order valence-electron chi connectivity index (χ2n) is 5.73. The molecule has 2 heteroatoms. The van der Waals surface area contributed by atoms with Crippen LogP contribution in [-0.4, -0.2) is 23.6 Å². The molecule has 0 aromatic heterocycles. The standard InChI is InChI=1S/C16H33NS/c1-4-12-17-16(14(5-2)6-3)13-18-15-10-8-7-9-11-15/h14-17H,4-13H2,1-3H3. The van der Waals surface area contributed by atoms with Gasteiger partial charge < -0.3 is 5.32 Å². The first-order valence-electron chi connectivity index (χ1n) is 8.16. The van der Waals surface area contributed by atoms with Crippen LogP contribution in [0.25, 0.3) is 0 Å². The van der Waals surface area contributed by atoms with Crippen LogP contribution < -0.4 is 5.32 Å². The summed E-state index contributed by atoms with van der Waals surface area (Å²) in [7, 11) is 0. The molecular weight excluding hydrogens is 238 g/mol. The summed E-state index contributed by atoms with van der Waals surface area (Å²) in [5.74, 6) is 2.20. The largest absolute Gasteiger partial charge is 0.313 e. The van der Waals surface area contributed by atoms with Gasteiger partial charge in [0.15, 0.2) is 0 Å². The van der Waals surface area contributed by atoms with E-state index in [2.05, 4.69) is 37.8 Å². The van der Waals surface area contributed by atoms with Gasteiger partial charge in [0.2, 0.25) is 0 Å². The monoisotopic (exact) mass is 271 g/mol. The molecule has 0 aromatic carbocycles. The molecule has 1 rings (SSSR count). The van der Waals surface area contributed by atoms with Crippen molar-refractivity contribution in [3.05, 3.63) is 0 Å². The minimum atomic E-state index is 0.742. The molecule has 1 N–H and O–H groups in total. The topological polar surface area (TPSA) is 12.0 Å². The van der Waals surface area contributed by atoms with E-state index in [9.17, 15) is 0 Å². The van der Waals surface area contributed by atoms with E-state index in [1.54, 1.807) is 0 Å². The Morgan fingerprint density at radius 1 is 1.06 bits per heavy atom. The van der Waals surface area contributed by atoms with Crippen molar-refractivity contribution in [3.8, 4) is 0 Å². The van der Waals surface area contributed by atoms with Gasteiger partial charge in [0.1, 0.15) is 0 Å². The first-order chi connectivity index (χ1) is 8.81. The molecule has 0 bridgehead atoms. The van der Waals surface area contributed by atoms with Gasteiger partial charge in [-0.1, -0.05) is 52.9 Å². The zero-order valence-corrected chi connectivity index (χ0v) is 13.5. The molecule has 1 unspecified atom stereocenters. The van der Waals surface area contributed by atoms with Gasteiger partial charge in [-0.05, 0) is 31.7 Å². The summed E-state index contributed by atoms with van der Waals surface area (Å²) in [6.07, 6.45) is 11.2. The van der Waals surface area contributed by atoms with E-state index in [4.69, 9.17) is 0 Å². The van der Waals surface area contributed by atoms with E-state index in [0.29, 0.717) is 0 Å². The van der Waals surface area contributed by atoms with Crippen molar-refractivity contribution in [3.63, 3.8) is 0 Å². The summed E-state index contributed by atoms with van der Waals surface area (Å²) in [6, 6.07) is 0.742. The number of hydrogen-bond donors (Lipinski definition) is 1. The SMILES string of the molecule is CCCNC(CSC1CCCCC1)C(CC)CC. The lowest BCUT2D eigenvalue weighted by Gasteiger charge is -2.29. The summed E-state index contributed by atoms with van der Waals surface area (Å²) in [6.45, 7) is 8.15. The fraction of sp³-hybridized carbons (Fsp3) is 1.00. The van der Waals surface area contributed by atoms with Gasteiger partial charge in [-0.15, -0.1) is 0 Å². The molecule has 1 atom stereocenters. The maximum absolute atomic E-state index is 3.79. The number of thioether (sulfide) groups is 1. The Balaban J connectivity index is 2.33. The molecule has 1 saturated carbocycles. The summed E-state index contributed by atoms with van der Waals surface area (Å²) in [4.78, 5) is 0. The van der Waals surface area contributed by atoms with Crippen LogP contribution >= 0.6 is 11.8 Å². The average molecular weight is 272 g/mol. The lowest BCUT2D eigenvalue weighted by Crippen LogP contribution is -2.39. The predicted octanol–water partition coefficient (Wildman–Crippen LogP) is 4.86. The van der Waals surface area contributed by atoms with Crippen molar-refractivity contribution in [2.45, 2.75) is 83.4 Å². The Hall–Kier alpha value is 0.310. The second kappa shape index (κ2) is 10.1. The molecule has 1 fully saturated rings. The fourth-order valence-corrected chi connectivity index (χ4v) is 4.56. The van der Waals surface area contributed by atoms with Crippen LogP contribution in [0, 0.1) is 5.92 Å². The van der Waals surface area contributed by atoms with E-state index >= 15 is 0 Å². The third-order valence-electron chi connectivity index (χ3n) is 4.34. The van der Waals surface area contributed by atoms with E-state index in [-0.39, 0.29) is 0 Å². The maximum Gasteiger partial charge on any atom is 0.0186 e. The van der Waals surface area contributed by atoms with Gasteiger partial charge in [-0.2, -0.15) is 11.8 Å². The molecule has 0 aliphatic heterocycles. The molecule has 0 amide bonds. The van der Waals surface area contributed by atoms with E-state index < -0.39 is 0 Å². The Morgan fingerprint density at radius 2 is 1.72 bits per heavy atom. The minimum Gasteiger partial charge on any atom is -0.313 e. The van der Waals surface area contributed by atoms with Gasteiger partial charge >= 0.3 is 0 Å². The summed E-state index contributed by atoms with van der Waals surface area (Å²) < 4.78 is 0. The molecule has 1 nitrogen and oxygen atoms in total. The molecule has 0 radical (unpaired) electrons. The molecule has 0 spiro atoms. The lowest BCUT2D eigenvalue weighted by molar-refractivity contribution is 0.359. The zero-order chi connectivity index (χ0) is 13.2. The molecule has 0 aromatic rings. The molecule has 108 valence electrons. The van der Waals surface area contributed by atoms with Gasteiger partial charge in [0, 0.05) is 17.0 Å². The normalized spacial score (nSPS) is 19.3. The lowest BCUT2D eigenvalue weighted by atomic mass is 9.95. The van der Waals surface area contributed by atoms with Crippen LogP contribution in [0.5, 0.6) is 0 Å². The Labute approximate surface area is 119 Å². The van der Waals surface area contributed by atoms with Crippen LogP contribution in [0.3, 0.4) is 0 Å². The van der Waals surface area contributed by atoms with Crippen molar-refractivity contribution < 1.29 is 0 Å². The average Bonchev–Trinajstić information content (AvgIpc) is 2.43. The summed E-state index contributed by atoms with van der Waals surface area (Å²) in [5.41, 5.74) is 0. The smallest absolute Gasteiger partial charge is 0.0186 e. The Bertz CT molecular complexity index is 186. The first-order valence-corrected chi connectivity index (χ1v) is 9.21. The first kappa shape index (κ1) is 16.4. The van der Waals surface area contributed by atoms with Crippen LogP contribution in [0.1, 0.15) is 72.1 Å². The van der Waals surface area contributed by atoms with Crippen LogP contribution in [0.2, 0.25) is 0 Å². The van der Waals surface area contributed by atoms with Crippen molar-refractivity contribution >= 4 is 11.8 Å². The highest BCUT2D eigenvalue weighted by Crippen LogP contribution is 2.30. The predicted molar refractivity (Wildman–Crippen MR) is 85.5 cm³/mol. The number of hydrogen-bond acceptors (Lipinski definition) is 2. The van der Waals surface area contributed by atoms with Crippen LogP contribution in [0.15, 0.2) is 0 Å². The van der Waals surface area contributed by atoms with Crippen molar-refractivity contribution in [1.29, 1.82) is 0 Å². The van der Waals surface area contributed by atoms with Crippen molar-refractivity contribution in [1.82, 2.24) is 5.32 Å². The fourth-order valence-electron chi connectivity index (χ4n) is 3.02. The molecule has 18 heavy (non-hydrogen) atoms. The highest BCUT2D eigenvalue weighted by molar-refractivity contribution is 7.99. The number of nitrogens with one attached hydrogen (secondary N) is 1. The third-order valence-corrected chi connectivity index (χ3v) is 5.83. The number of rotatable bonds is 9. The maximum atomic E-state index is 3.79. The Morgan fingerprint density at radius 3 is 2.28 bits per heavy atom. The van der Waals surface area contributed by atoms with Crippen molar-refractivity contribution in [2.75, 3.05) is 12.3 Å². The van der Waals surface area contributed by atoms with Crippen LogP contribution in [-0.2, 0) is 0 Å². The van der Waals surface area contributed by atoms with E-state index in [1.165, 1.54) is 63.7 Å². The van der Waals surface area contributed by atoms with Crippen LogP contribution in [0.4, 0.5) is 0 Å². The third kappa shape index (κ3) is 5.97. The zero-order valence-electron chi connectivity index (χ0n) is 12.7. The molecule has 0 saturated heterocycles. The van der Waals surface area contributed by atoms with E-state index in [0.717, 1.165) is 17.2 Å². The molecule has 0 heterocycles. The van der Waals surface area contributed by atoms with Crippen molar-refractivity contribution in [2.24, 2.45) is 5.92 Å². The molecule has 1 aliphatic carbocycles. The molecule has 1 aliphatic rings. The van der Waals surface area contributed by atoms with Gasteiger partial charge in [-0.25, -0.2) is 0 Å². The highest BCUT2D eigenvalue weighted by Gasteiger charge is 2.21. The Kier molecular flexibility index (Phi) is 9.22. The van der Waals surface area contributed by atoms with Gasteiger partial charge in [-0.3, -0.25) is 0 Å². The van der Waals surface area contributed by atoms with Gasteiger partial charge in [0.25, 0.3) is 0 Å². The minimum absolute atomic E-state index is 0.742.